The first-order valence-corrected chi connectivity index (χ1v) is 6.33. The van der Waals surface area contributed by atoms with Gasteiger partial charge in [0.1, 0.15) is 0 Å². The van der Waals surface area contributed by atoms with Crippen molar-refractivity contribution >= 4 is 11.9 Å². The average Bonchev–Trinajstić information content (AvgIpc) is 2.91. The second kappa shape index (κ2) is 8.39. The van der Waals surface area contributed by atoms with Gasteiger partial charge >= 0.3 is 5.97 Å². The molecular weight excluding hydrogens is 274 g/mol. The van der Waals surface area contributed by atoms with Crippen LogP contribution in [0, 0.1) is 29.6 Å². The summed E-state index contributed by atoms with van der Waals surface area (Å²) >= 11 is 0. The van der Waals surface area contributed by atoms with Crippen LogP contribution in [-0.2, 0) is 9.53 Å². The minimum absolute atomic E-state index is 0.0587. The van der Waals surface area contributed by atoms with Crippen LogP contribution in [0.4, 0.5) is 0 Å². The molecule has 110 valence electrons. The molecule has 1 heterocycles. The summed E-state index contributed by atoms with van der Waals surface area (Å²) in [7, 11) is 0. The predicted molar refractivity (Wildman–Crippen MR) is 70.8 cm³/mol. The molecule has 1 rings (SSSR count). The normalized spacial score (nSPS) is 9.48. The summed E-state index contributed by atoms with van der Waals surface area (Å²) in [5, 5.41) is 17.1. The molecule has 21 heavy (non-hydrogen) atoms. The summed E-state index contributed by atoms with van der Waals surface area (Å²) in [5.74, 6) is -1.10. The van der Waals surface area contributed by atoms with Crippen molar-refractivity contribution in [2.75, 3.05) is 19.7 Å². The average molecular weight is 289 g/mol. The first-order valence-electron chi connectivity index (χ1n) is 6.33. The third-order valence-electron chi connectivity index (χ3n) is 2.71. The molecule has 0 aromatic carbocycles. The fraction of sp³-hybridized carbons (Fsp3) is 0.429. The van der Waals surface area contributed by atoms with Crippen molar-refractivity contribution in [1.29, 1.82) is 10.5 Å². The number of nitriles is 2. The van der Waals surface area contributed by atoms with Gasteiger partial charge in [-0.2, -0.15) is 10.5 Å². The van der Waals surface area contributed by atoms with E-state index in [0.717, 1.165) is 0 Å². The molecule has 0 aliphatic carbocycles. The predicted octanol–water partition coefficient (Wildman–Crippen LogP) is 1.40. The van der Waals surface area contributed by atoms with Gasteiger partial charge in [-0.05, 0) is 13.0 Å². The summed E-state index contributed by atoms with van der Waals surface area (Å²) in [6.45, 7) is 1.65. The van der Waals surface area contributed by atoms with Crippen LogP contribution in [0.3, 0.4) is 0 Å². The molecule has 0 N–H and O–H groups in total. The summed E-state index contributed by atoms with van der Waals surface area (Å²) in [5.41, 5.74) is 0.623. The fourth-order valence-corrected chi connectivity index (χ4v) is 1.60. The number of ether oxygens (including phenoxy) is 1. The molecule has 1 amide bonds. The summed E-state index contributed by atoms with van der Waals surface area (Å²) < 4.78 is 9.84. The lowest BCUT2D eigenvalue weighted by atomic mass is 10.3. The number of amides is 1. The van der Waals surface area contributed by atoms with Gasteiger partial charge in [0.2, 0.25) is 5.76 Å². The van der Waals surface area contributed by atoms with E-state index in [2.05, 4.69) is 0 Å². The van der Waals surface area contributed by atoms with Gasteiger partial charge < -0.3 is 14.1 Å². The number of aryl methyl sites for hydroxylation is 1. The Hall–Kier alpha value is -2.80. The molecule has 0 saturated carbocycles. The van der Waals surface area contributed by atoms with Crippen molar-refractivity contribution in [2.24, 2.45) is 0 Å². The van der Waals surface area contributed by atoms with Gasteiger partial charge in [0.05, 0.1) is 31.2 Å². The zero-order valence-electron chi connectivity index (χ0n) is 11.7. The molecule has 0 aliphatic heterocycles. The topological polar surface area (TPSA) is 107 Å². The molecule has 0 saturated heterocycles. The van der Waals surface area contributed by atoms with Crippen molar-refractivity contribution in [1.82, 2.24) is 4.90 Å². The minimum Gasteiger partial charge on any atom is -0.457 e. The largest absolute Gasteiger partial charge is 0.457 e. The van der Waals surface area contributed by atoms with Crippen LogP contribution in [0.5, 0.6) is 0 Å². The third kappa shape index (κ3) is 5.00. The highest BCUT2D eigenvalue weighted by molar-refractivity contribution is 5.90. The van der Waals surface area contributed by atoms with Gasteiger partial charge in [0.25, 0.3) is 5.91 Å². The highest BCUT2D eigenvalue weighted by Gasteiger charge is 2.18. The second-order valence-corrected chi connectivity index (χ2v) is 4.21. The van der Waals surface area contributed by atoms with Crippen LogP contribution in [0.1, 0.15) is 29.0 Å². The number of esters is 1. The minimum atomic E-state index is -0.716. The highest BCUT2D eigenvalue weighted by atomic mass is 16.5. The smallest absolute Gasteiger partial charge is 0.375 e. The van der Waals surface area contributed by atoms with Gasteiger partial charge in [-0.1, -0.05) is 0 Å². The summed E-state index contributed by atoms with van der Waals surface area (Å²) in [6, 6.07) is 5.46. The lowest BCUT2D eigenvalue weighted by Gasteiger charge is -2.19. The van der Waals surface area contributed by atoms with Gasteiger partial charge in [-0.3, -0.25) is 4.79 Å². The maximum Gasteiger partial charge on any atom is 0.375 e. The van der Waals surface area contributed by atoms with Gasteiger partial charge in [0.15, 0.2) is 6.61 Å². The van der Waals surface area contributed by atoms with E-state index in [0.29, 0.717) is 5.56 Å². The van der Waals surface area contributed by atoms with Crippen LogP contribution in [0.25, 0.3) is 0 Å². The van der Waals surface area contributed by atoms with E-state index in [9.17, 15) is 9.59 Å². The lowest BCUT2D eigenvalue weighted by Crippen LogP contribution is -2.36. The Labute approximate surface area is 122 Å². The Morgan fingerprint density at radius 2 is 1.90 bits per heavy atom. The van der Waals surface area contributed by atoms with Crippen LogP contribution in [0.15, 0.2) is 16.7 Å². The zero-order chi connectivity index (χ0) is 15.7. The first-order chi connectivity index (χ1) is 10.1. The number of nitrogens with zero attached hydrogens (tertiary/aromatic N) is 3. The monoisotopic (exact) mass is 289 g/mol. The van der Waals surface area contributed by atoms with E-state index in [1.165, 1.54) is 11.2 Å². The third-order valence-corrected chi connectivity index (χ3v) is 2.71. The van der Waals surface area contributed by atoms with E-state index >= 15 is 0 Å². The molecule has 0 unspecified atom stereocenters. The van der Waals surface area contributed by atoms with Crippen LogP contribution >= 0.6 is 0 Å². The molecule has 0 bridgehead atoms. The van der Waals surface area contributed by atoms with E-state index in [4.69, 9.17) is 19.7 Å². The van der Waals surface area contributed by atoms with Crippen LogP contribution in [0.2, 0.25) is 0 Å². The van der Waals surface area contributed by atoms with Gasteiger partial charge in [-0.25, -0.2) is 4.79 Å². The van der Waals surface area contributed by atoms with Gasteiger partial charge in [0, 0.05) is 18.7 Å². The quantitative estimate of drug-likeness (QED) is 0.702. The maximum atomic E-state index is 11.9. The van der Waals surface area contributed by atoms with Crippen molar-refractivity contribution in [3.8, 4) is 12.1 Å². The molecule has 0 radical (unpaired) electrons. The summed E-state index contributed by atoms with van der Waals surface area (Å²) in [6.07, 6.45) is 1.67. The summed E-state index contributed by atoms with van der Waals surface area (Å²) in [4.78, 5) is 24.9. The number of rotatable bonds is 7. The lowest BCUT2D eigenvalue weighted by molar-refractivity contribution is -0.134. The number of carbonyl (C=O) groups is 2. The standard InChI is InChI=1S/C14H15N3O4/c1-11-4-9-20-13(11)14(19)21-10-12(18)17(7-2-5-15)8-3-6-16/h4,9H,2-3,7-8,10H2,1H3. The van der Waals surface area contributed by atoms with Crippen molar-refractivity contribution in [2.45, 2.75) is 19.8 Å². The second-order valence-electron chi connectivity index (χ2n) is 4.21. The maximum absolute atomic E-state index is 11.9. The van der Waals surface area contributed by atoms with E-state index in [1.807, 2.05) is 12.1 Å². The van der Waals surface area contributed by atoms with E-state index in [-0.39, 0.29) is 31.7 Å². The van der Waals surface area contributed by atoms with E-state index < -0.39 is 18.5 Å². The van der Waals surface area contributed by atoms with Crippen molar-refractivity contribution in [3.63, 3.8) is 0 Å². The zero-order valence-corrected chi connectivity index (χ0v) is 11.7. The Morgan fingerprint density at radius 1 is 1.29 bits per heavy atom. The molecular formula is C14H15N3O4. The van der Waals surface area contributed by atoms with Crippen LogP contribution in [-0.4, -0.2) is 36.5 Å². The number of furan rings is 1. The fourth-order valence-electron chi connectivity index (χ4n) is 1.60. The van der Waals surface area contributed by atoms with Crippen molar-refractivity contribution in [3.05, 3.63) is 23.7 Å². The van der Waals surface area contributed by atoms with E-state index in [1.54, 1.807) is 13.0 Å². The Bertz CT molecular complexity index is 562. The Balaban J connectivity index is 2.53. The molecule has 1 aromatic heterocycles. The van der Waals surface area contributed by atoms with Crippen LogP contribution < -0.4 is 0 Å². The number of carbonyl (C=O) groups excluding carboxylic acids is 2. The first kappa shape index (κ1) is 16.3. The highest BCUT2D eigenvalue weighted by Crippen LogP contribution is 2.10. The van der Waals surface area contributed by atoms with Gasteiger partial charge in [-0.15, -0.1) is 0 Å². The molecule has 0 fully saturated rings. The Kier molecular flexibility index (Phi) is 6.49. The molecule has 7 nitrogen and oxygen atoms in total. The SMILES string of the molecule is Cc1ccoc1C(=O)OCC(=O)N(CCC#N)CCC#N. The molecule has 7 heteroatoms. The van der Waals surface area contributed by atoms with Crippen molar-refractivity contribution < 1.29 is 18.7 Å². The molecule has 1 aromatic rings. The Morgan fingerprint density at radius 3 is 2.38 bits per heavy atom. The molecule has 0 spiro atoms. The number of hydrogen-bond acceptors (Lipinski definition) is 6. The number of hydrogen-bond donors (Lipinski definition) is 0. The molecule has 0 atom stereocenters. The molecule has 0 aliphatic rings.